The molecule has 3 nitrogen and oxygen atoms in total. The minimum absolute atomic E-state index is 0.455. The Morgan fingerprint density at radius 3 is 2.60 bits per heavy atom. The molecule has 0 saturated carbocycles. The average molecular weight is 212 g/mol. The fourth-order valence-electron chi connectivity index (χ4n) is 2.64. The van der Waals surface area contributed by atoms with E-state index in [4.69, 9.17) is 4.74 Å². The first-order valence-electron chi connectivity index (χ1n) is 6.30. The van der Waals surface area contributed by atoms with Crippen molar-refractivity contribution in [3.05, 3.63) is 0 Å². The minimum Gasteiger partial charge on any atom is -0.378 e. The SMILES string of the molecule is CC1OCCC1CNC[C@@H]1CNC[C@H]1C. The van der Waals surface area contributed by atoms with Gasteiger partial charge in [-0.05, 0) is 50.7 Å². The summed E-state index contributed by atoms with van der Waals surface area (Å²) in [6.45, 7) is 10.2. The standard InChI is InChI=1S/C12H24N2O/c1-9-5-13-7-12(9)8-14-6-11-3-4-15-10(11)2/h9-14H,3-8H2,1-2H3/t9-,10?,11?,12+/m1/s1. The first kappa shape index (κ1) is 11.4. The van der Waals surface area contributed by atoms with Gasteiger partial charge in [0, 0.05) is 13.2 Å². The molecule has 2 N–H and O–H groups in total. The van der Waals surface area contributed by atoms with Crippen LogP contribution in [0.2, 0.25) is 0 Å². The van der Waals surface area contributed by atoms with Crippen LogP contribution in [0.5, 0.6) is 0 Å². The Morgan fingerprint density at radius 1 is 1.20 bits per heavy atom. The van der Waals surface area contributed by atoms with E-state index in [-0.39, 0.29) is 0 Å². The second-order valence-corrected chi connectivity index (χ2v) is 5.18. The topological polar surface area (TPSA) is 33.3 Å². The molecule has 0 aromatic rings. The first-order chi connectivity index (χ1) is 7.27. The average Bonchev–Trinajstić information content (AvgIpc) is 2.78. The summed E-state index contributed by atoms with van der Waals surface area (Å²) in [5, 5.41) is 7.05. The van der Waals surface area contributed by atoms with Gasteiger partial charge < -0.3 is 15.4 Å². The highest BCUT2D eigenvalue weighted by Gasteiger charge is 2.25. The van der Waals surface area contributed by atoms with Crippen molar-refractivity contribution in [3.63, 3.8) is 0 Å². The third-order valence-electron chi connectivity index (χ3n) is 4.02. The molecule has 0 spiro atoms. The second kappa shape index (κ2) is 5.28. The molecule has 0 radical (unpaired) electrons. The van der Waals surface area contributed by atoms with E-state index in [1.54, 1.807) is 0 Å². The molecule has 2 fully saturated rings. The minimum atomic E-state index is 0.455. The Hall–Kier alpha value is -0.120. The van der Waals surface area contributed by atoms with Gasteiger partial charge in [0.05, 0.1) is 6.10 Å². The van der Waals surface area contributed by atoms with Crippen LogP contribution in [0.1, 0.15) is 20.3 Å². The summed E-state index contributed by atoms with van der Waals surface area (Å²) in [5.41, 5.74) is 0. The highest BCUT2D eigenvalue weighted by molar-refractivity contribution is 4.81. The molecule has 0 aromatic carbocycles. The van der Waals surface area contributed by atoms with Gasteiger partial charge in [0.1, 0.15) is 0 Å². The van der Waals surface area contributed by atoms with Crippen molar-refractivity contribution in [2.45, 2.75) is 26.4 Å². The number of nitrogens with one attached hydrogen (secondary N) is 2. The van der Waals surface area contributed by atoms with Crippen LogP contribution in [0.4, 0.5) is 0 Å². The van der Waals surface area contributed by atoms with Crippen LogP contribution in [0.3, 0.4) is 0 Å². The maximum Gasteiger partial charge on any atom is 0.0588 e. The zero-order valence-corrected chi connectivity index (χ0v) is 9.96. The summed E-state index contributed by atoms with van der Waals surface area (Å²) in [4.78, 5) is 0. The highest BCUT2D eigenvalue weighted by atomic mass is 16.5. The second-order valence-electron chi connectivity index (χ2n) is 5.18. The van der Waals surface area contributed by atoms with Gasteiger partial charge in [-0.25, -0.2) is 0 Å². The van der Waals surface area contributed by atoms with E-state index >= 15 is 0 Å². The smallest absolute Gasteiger partial charge is 0.0588 e. The Labute approximate surface area is 93.0 Å². The van der Waals surface area contributed by atoms with Crippen LogP contribution in [-0.4, -0.2) is 38.9 Å². The van der Waals surface area contributed by atoms with Gasteiger partial charge >= 0.3 is 0 Å². The molecule has 2 saturated heterocycles. The highest BCUT2D eigenvalue weighted by Crippen LogP contribution is 2.20. The molecule has 15 heavy (non-hydrogen) atoms. The molecular formula is C12H24N2O. The Kier molecular flexibility index (Phi) is 4.00. The van der Waals surface area contributed by atoms with Crippen molar-refractivity contribution in [2.75, 3.05) is 32.8 Å². The van der Waals surface area contributed by atoms with Gasteiger partial charge in [0.2, 0.25) is 0 Å². The van der Waals surface area contributed by atoms with Crippen molar-refractivity contribution in [2.24, 2.45) is 17.8 Å². The zero-order valence-electron chi connectivity index (χ0n) is 9.96. The summed E-state index contributed by atoms with van der Waals surface area (Å²) >= 11 is 0. The van der Waals surface area contributed by atoms with Crippen molar-refractivity contribution < 1.29 is 4.74 Å². The molecule has 0 aromatic heterocycles. The van der Waals surface area contributed by atoms with Gasteiger partial charge in [-0.2, -0.15) is 0 Å². The molecule has 0 amide bonds. The Morgan fingerprint density at radius 2 is 2.00 bits per heavy atom. The maximum atomic E-state index is 5.56. The summed E-state index contributed by atoms with van der Waals surface area (Å²) in [7, 11) is 0. The van der Waals surface area contributed by atoms with Gasteiger partial charge in [0.25, 0.3) is 0 Å². The lowest BCUT2D eigenvalue weighted by atomic mass is 9.97. The summed E-state index contributed by atoms with van der Waals surface area (Å²) in [6.07, 6.45) is 1.68. The normalized spacial score (nSPS) is 41.2. The van der Waals surface area contributed by atoms with E-state index in [0.29, 0.717) is 6.10 Å². The van der Waals surface area contributed by atoms with Crippen LogP contribution in [0.15, 0.2) is 0 Å². The van der Waals surface area contributed by atoms with Crippen molar-refractivity contribution in [1.29, 1.82) is 0 Å². The summed E-state index contributed by atoms with van der Waals surface area (Å²) in [5.74, 6) is 2.38. The van der Waals surface area contributed by atoms with E-state index in [2.05, 4.69) is 24.5 Å². The number of hydrogen-bond acceptors (Lipinski definition) is 3. The van der Waals surface area contributed by atoms with Gasteiger partial charge in [-0.15, -0.1) is 0 Å². The van der Waals surface area contributed by atoms with Crippen LogP contribution in [0, 0.1) is 17.8 Å². The molecule has 0 aliphatic carbocycles. The molecule has 2 rings (SSSR count). The van der Waals surface area contributed by atoms with Crippen molar-refractivity contribution in [3.8, 4) is 0 Å². The monoisotopic (exact) mass is 212 g/mol. The number of rotatable bonds is 4. The van der Waals surface area contributed by atoms with Gasteiger partial charge in [0.15, 0.2) is 0 Å². The van der Waals surface area contributed by atoms with Gasteiger partial charge in [-0.1, -0.05) is 6.92 Å². The predicted molar refractivity (Wildman–Crippen MR) is 61.9 cm³/mol. The Balaban J connectivity index is 1.62. The maximum absolute atomic E-state index is 5.56. The molecular weight excluding hydrogens is 188 g/mol. The molecule has 3 heteroatoms. The van der Waals surface area contributed by atoms with Crippen molar-refractivity contribution >= 4 is 0 Å². The quantitative estimate of drug-likeness (QED) is 0.725. The Bertz CT molecular complexity index is 178. The molecule has 2 aliphatic rings. The lowest BCUT2D eigenvalue weighted by Gasteiger charge is -2.18. The molecule has 4 atom stereocenters. The van der Waals surface area contributed by atoms with E-state index in [1.807, 2.05) is 0 Å². The fraction of sp³-hybridized carbons (Fsp3) is 1.00. The zero-order chi connectivity index (χ0) is 10.7. The molecule has 0 bridgehead atoms. The molecule has 2 aliphatic heterocycles. The molecule has 2 unspecified atom stereocenters. The van der Waals surface area contributed by atoms with Crippen molar-refractivity contribution in [1.82, 2.24) is 10.6 Å². The van der Waals surface area contributed by atoms with Gasteiger partial charge in [-0.3, -0.25) is 0 Å². The fourth-order valence-corrected chi connectivity index (χ4v) is 2.64. The van der Waals surface area contributed by atoms with E-state index in [1.165, 1.54) is 19.5 Å². The third-order valence-corrected chi connectivity index (χ3v) is 4.02. The first-order valence-corrected chi connectivity index (χ1v) is 6.30. The number of hydrogen-bond donors (Lipinski definition) is 2. The van der Waals surface area contributed by atoms with E-state index in [0.717, 1.165) is 37.5 Å². The number of ether oxygens (including phenoxy) is 1. The van der Waals surface area contributed by atoms with Crippen LogP contribution < -0.4 is 10.6 Å². The van der Waals surface area contributed by atoms with Crippen LogP contribution in [0.25, 0.3) is 0 Å². The van der Waals surface area contributed by atoms with E-state index < -0.39 is 0 Å². The molecule has 88 valence electrons. The lowest BCUT2D eigenvalue weighted by molar-refractivity contribution is 0.105. The summed E-state index contributed by atoms with van der Waals surface area (Å²) in [6, 6.07) is 0. The van der Waals surface area contributed by atoms with Crippen LogP contribution in [-0.2, 0) is 4.74 Å². The lowest BCUT2D eigenvalue weighted by Crippen LogP contribution is -2.33. The largest absolute Gasteiger partial charge is 0.378 e. The predicted octanol–water partition coefficient (Wildman–Crippen LogP) is 0.856. The van der Waals surface area contributed by atoms with Crippen LogP contribution >= 0.6 is 0 Å². The summed E-state index contributed by atoms with van der Waals surface area (Å²) < 4.78 is 5.56. The molecule has 2 heterocycles. The third kappa shape index (κ3) is 2.92. The van der Waals surface area contributed by atoms with E-state index in [9.17, 15) is 0 Å².